The summed E-state index contributed by atoms with van der Waals surface area (Å²) in [5.41, 5.74) is 2.92. The van der Waals surface area contributed by atoms with Crippen LogP contribution in [0.15, 0.2) is 23.3 Å². The summed E-state index contributed by atoms with van der Waals surface area (Å²) in [5, 5.41) is 10.00. The Bertz CT molecular complexity index is 263. The van der Waals surface area contributed by atoms with Gasteiger partial charge in [0.2, 0.25) is 0 Å². The molecule has 0 spiro atoms. The average Bonchev–Trinajstić information content (AvgIpc) is 2.24. The maximum atomic E-state index is 10.00. The van der Waals surface area contributed by atoms with Gasteiger partial charge in [0.15, 0.2) is 0 Å². The predicted octanol–water partition coefficient (Wildman–Crippen LogP) is 4.23. The number of hydrogen-bond donors (Lipinski definition) is 1. The maximum absolute atomic E-state index is 10.00. The highest BCUT2D eigenvalue weighted by molar-refractivity contribution is 5.04. The summed E-state index contributed by atoms with van der Waals surface area (Å²) in [7, 11) is 0. The first-order chi connectivity index (χ1) is 7.59. The van der Waals surface area contributed by atoms with Crippen molar-refractivity contribution < 1.29 is 5.11 Å². The Labute approximate surface area is 100 Å². The van der Waals surface area contributed by atoms with E-state index in [0.29, 0.717) is 5.92 Å². The van der Waals surface area contributed by atoms with E-state index in [0.717, 1.165) is 32.1 Å². The molecule has 1 aliphatic rings. The van der Waals surface area contributed by atoms with Gasteiger partial charge in [-0.25, -0.2) is 0 Å². The molecule has 2 atom stereocenters. The summed E-state index contributed by atoms with van der Waals surface area (Å²) < 4.78 is 0. The van der Waals surface area contributed by atoms with Crippen molar-refractivity contribution in [2.75, 3.05) is 0 Å². The molecule has 0 aromatic rings. The third-order valence-electron chi connectivity index (χ3n) is 3.64. The van der Waals surface area contributed by atoms with Crippen molar-refractivity contribution in [3.8, 4) is 0 Å². The van der Waals surface area contributed by atoms with E-state index in [1.807, 2.05) is 0 Å². The molecule has 0 radical (unpaired) electrons. The van der Waals surface area contributed by atoms with Crippen LogP contribution in [0.3, 0.4) is 0 Å². The van der Waals surface area contributed by atoms with Gasteiger partial charge in [-0.15, -0.1) is 0 Å². The lowest BCUT2D eigenvalue weighted by molar-refractivity contribution is 0.104. The number of hydrogen-bond acceptors (Lipinski definition) is 1. The van der Waals surface area contributed by atoms with E-state index in [2.05, 4.69) is 32.9 Å². The largest absolute Gasteiger partial charge is 0.393 e. The third kappa shape index (κ3) is 4.98. The predicted molar refractivity (Wildman–Crippen MR) is 70.4 cm³/mol. The molecule has 2 unspecified atom stereocenters. The van der Waals surface area contributed by atoms with Crippen LogP contribution in [-0.4, -0.2) is 11.2 Å². The van der Waals surface area contributed by atoms with E-state index in [1.165, 1.54) is 17.6 Å². The molecule has 1 aliphatic carbocycles. The van der Waals surface area contributed by atoms with Crippen LogP contribution in [0.4, 0.5) is 0 Å². The summed E-state index contributed by atoms with van der Waals surface area (Å²) in [6.07, 6.45) is 11.1. The third-order valence-corrected chi connectivity index (χ3v) is 3.64. The molecule has 0 aliphatic heterocycles. The topological polar surface area (TPSA) is 20.2 Å². The fourth-order valence-electron chi connectivity index (χ4n) is 2.20. The molecule has 0 aromatic heterocycles. The first-order valence-electron chi connectivity index (χ1n) is 6.59. The molecule has 0 aromatic carbocycles. The summed E-state index contributed by atoms with van der Waals surface area (Å²) >= 11 is 0. The first kappa shape index (κ1) is 13.5. The van der Waals surface area contributed by atoms with Gasteiger partial charge in [0.05, 0.1) is 6.10 Å². The van der Waals surface area contributed by atoms with E-state index >= 15 is 0 Å². The van der Waals surface area contributed by atoms with Crippen LogP contribution in [-0.2, 0) is 0 Å². The van der Waals surface area contributed by atoms with E-state index in [4.69, 9.17) is 0 Å². The van der Waals surface area contributed by atoms with E-state index in [9.17, 15) is 5.11 Å². The minimum absolute atomic E-state index is 0.128. The van der Waals surface area contributed by atoms with Gasteiger partial charge in [0.25, 0.3) is 0 Å². The van der Waals surface area contributed by atoms with Gasteiger partial charge in [-0.05, 0) is 58.3 Å². The van der Waals surface area contributed by atoms with Gasteiger partial charge in [0.1, 0.15) is 0 Å². The van der Waals surface area contributed by atoms with Crippen molar-refractivity contribution >= 4 is 0 Å². The van der Waals surface area contributed by atoms with Crippen LogP contribution >= 0.6 is 0 Å². The summed E-state index contributed by atoms with van der Waals surface area (Å²) in [6.45, 7) is 6.57. The first-order valence-corrected chi connectivity index (χ1v) is 6.59. The molecule has 92 valence electrons. The zero-order chi connectivity index (χ0) is 12.0. The number of rotatable bonds is 0. The number of aliphatic hydroxyl groups excluding tert-OH is 1. The molecule has 1 heteroatoms. The maximum Gasteiger partial charge on any atom is 0.0568 e. The van der Waals surface area contributed by atoms with Crippen molar-refractivity contribution in [1.82, 2.24) is 0 Å². The van der Waals surface area contributed by atoms with Crippen molar-refractivity contribution in [2.45, 2.75) is 65.4 Å². The molecular formula is C15H26O. The van der Waals surface area contributed by atoms with Crippen molar-refractivity contribution in [3.05, 3.63) is 23.3 Å². The quantitative estimate of drug-likeness (QED) is 0.608. The number of allylic oxidation sites excluding steroid dienone is 4. The number of aliphatic hydroxyl groups is 1. The second kappa shape index (κ2) is 6.90. The lowest BCUT2D eigenvalue weighted by Crippen LogP contribution is -2.17. The Balaban J connectivity index is 2.61. The molecular weight excluding hydrogens is 196 g/mol. The average molecular weight is 222 g/mol. The normalized spacial score (nSPS) is 36.2. The molecule has 0 fully saturated rings. The Hall–Kier alpha value is -0.560. The van der Waals surface area contributed by atoms with E-state index < -0.39 is 0 Å². The summed E-state index contributed by atoms with van der Waals surface area (Å²) in [5.74, 6) is 0.427. The van der Waals surface area contributed by atoms with Gasteiger partial charge >= 0.3 is 0 Å². The lowest BCUT2D eigenvalue weighted by atomic mass is 9.92. The highest BCUT2D eigenvalue weighted by atomic mass is 16.3. The molecule has 16 heavy (non-hydrogen) atoms. The summed E-state index contributed by atoms with van der Waals surface area (Å²) in [4.78, 5) is 0. The molecule has 1 N–H and O–H groups in total. The second-order valence-corrected chi connectivity index (χ2v) is 5.30. The molecule has 0 saturated carbocycles. The van der Waals surface area contributed by atoms with E-state index in [-0.39, 0.29) is 6.10 Å². The fraction of sp³-hybridized carbons (Fsp3) is 0.733. The van der Waals surface area contributed by atoms with Crippen molar-refractivity contribution in [1.29, 1.82) is 0 Å². The molecule has 1 nitrogen and oxygen atoms in total. The molecule has 0 bridgehead atoms. The molecule has 0 amide bonds. The zero-order valence-corrected chi connectivity index (χ0v) is 11.0. The lowest BCUT2D eigenvalue weighted by Gasteiger charge is -2.19. The van der Waals surface area contributed by atoms with E-state index in [1.54, 1.807) is 0 Å². The van der Waals surface area contributed by atoms with Gasteiger partial charge in [-0.1, -0.05) is 30.2 Å². The Morgan fingerprint density at radius 1 is 1.00 bits per heavy atom. The smallest absolute Gasteiger partial charge is 0.0568 e. The van der Waals surface area contributed by atoms with Crippen LogP contribution < -0.4 is 0 Å². The highest BCUT2D eigenvalue weighted by Gasteiger charge is 2.13. The van der Waals surface area contributed by atoms with Crippen molar-refractivity contribution in [3.63, 3.8) is 0 Å². The molecule has 1 rings (SSSR count). The standard InChI is InChI=1S/C15H26O/c1-12-6-4-7-13(2)10-11-15(16)14(3)9-5-8-12/h7-8,14-16H,4-6,9-11H2,1-3H3/b12-8+,13-7+. The van der Waals surface area contributed by atoms with Gasteiger partial charge < -0.3 is 5.11 Å². The SMILES string of the molecule is C/C1=C\CCC(C)C(O)CC/C(C)=C/CC1. The summed E-state index contributed by atoms with van der Waals surface area (Å²) in [6, 6.07) is 0. The van der Waals surface area contributed by atoms with Crippen molar-refractivity contribution in [2.24, 2.45) is 5.92 Å². The van der Waals surface area contributed by atoms with Gasteiger partial charge in [0, 0.05) is 0 Å². The van der Waals surface area contributed by atoms with Crippen LogP contribution in [0.25, 0.3) is 0 Å². The minimum atomic E-state index is -0.128. The Kier molecular flexibility index (Phi) is 5.83. The Morgan fingerprint density at radius 2 is 1.62 bits per heavy atom. The zero-order valence-electron chi connectivity index (χ0n) is 11.0. The Morgan fingerprint density at radius 3 is 2.38 bits per heavy atom. The van der Waals surface area contributed by atoms with Gasteiger partial charge in [-0.2, -0.15) is 0 Å². The van der Waals surface area contributed by atoms with Crippen LogP contribution in [0, 0.1) is 5.92 Å². The minimum Gasteiger partial charge on any atom is -0.393 e. The van der Waals surface area contributed by atoms with Crippen LogP contribution in [0.5, 0.6) is 0 Å². The van der Waals surface area contributed by atoms with Crippen LogP contribution in [0.1, 0.15) is 59.3 Å². The highest BCUT2D eigenvalue weighted by Crippen LogP contribution is 2.20. The second-order valence-electron chi connectivity index (χ2n) is 5.30. The molecule has 0 saturated heterocycles. The fourth-order valence-corrected chi connectivity index (χ4v) is 2.20. The monoisotopic (exact) mass is 222 g/mol. The van der Waals surface area contributed by atoms with Crippen LogP contribution in [0.2, 0.25) is 0 Å². The van der Waals surface area contributed by atoms with Gasteiger partial charge in [-0.3, -0.25) is 0 Å². The molecule has 0 heterocycles.